The fourth-order valence-electron chi connectivity index (χ4n) is 1.79. The van der Waals surface area contributed by atoms with Crippen molar-refractivity contribution in [3.8, 4) is 5.75 Å². The first-order valence-corrected chi connectivity index (χ1v) is 6.38. The number of methoxy groups -OCH3 is 1. The lowest BCUT2D eigenvalue weighted by Crippen LogP contribution is -2.04. The zero-order valence-corrected chi connectivity index (χ0v) is 11.8. The van der Waals surface area contributed by atoms with Crippen molar-refractivity contribution in [2.24, 2.45) is 0 Å². The molecule has 0 N–H and O–H groups in total. The highest BCUT2D eigenvalue weighted by Gasteiger charge is 2.24. The van der Waals surface area contributed by atoms with Gasteiger partial charge in [0.05, 0.1) is 17.5 Å². The van der Waals surface area contributed by atoms with Gasteiger partial charge in [-0.25, -0.2) is 13.2 Å². The normalized spacial score (nSPS) is 12.3. The molecule has 0 aliphatic carbocycles. The topological polar surface area (TPSA) is 9.23 Å². The van der Waals surface area contributed by atoms with E-state index in [0.29, 0.717) is 0 Å². The van der Waals surface area contributed by atoms with E-state index in [4.69, 9.17) is 27.9 Å². The number of rotatable bonds is 3. The van der Waals surface area contributed by atoms with Gasteiger partial charge in [-0.3, -0.25) is 0 Å². The molecular weight excluding hydrogens is 312 g/mol. The van der Waals surface area contributed by atoms with Crippen LogP contribution in [0.15, 0.2) is 30.3 Å². The molecule has 0 aliphatic heterocycles. The van der Waals surface area contributed by atoms with Gasteiger partial charge >= 0.3 is 0 Å². The second kappa shape index (κ2) is 5.94. The Morgan fingerprint density at radius 3 is 2.25 bits per heavy atom. The van der Waals surface area contributed by atoms with Crippen LogP contribution in [-0.4, -0.2) is 7.11 Å². The van der Waals surface area contributed by atoms with Gasteiger partial charge in [-0.05, 0) is 6.07 Å². The third kappa shape index (κ3) is 2.72. The van der Waals surface area contributed by atoms with Gasteiger partial charge in [0.15, 0.2) is 0 Å². The number of hydrogen-bond acceptors (Lipinski definition) is 1. The average molecular weight is 321 g/mol. The predicted molar refractivity (Wildman–Crippen MR) is 72.0 cm³/mol. The number of ether oxygens (including phenoxy) is 1. The highest BCUT2D eigenvalue weighted by molar-refractivity contribution is 6.31. The molecule has 0 amide bonds. The van der Waals surface area contributed by atoms with E-state index in [1.165, 1.54) is 25.3 Å². The summed E-state index contributed by atoms with van der Waals surface area (Å²) in [5.41, 5.74) is -0.546. The maximum atomic E-state index is 13.9. The molecular formula is C14H9Cl2F3O. The van der Waals surface area contributed by atoms with Crippen LogP contribution in [0.1, 0.15) is 16.5 Å². The number of hydrogen-bond donors (Lipinski definition) is 0. The summed E-state index contributed by atoms with van der Waals surface area (Å²) in [7, 11) is 1.28. The minimum Gasteiger partial charge on any atom is -0.497 e. The van der Waals surface area contributed by atoms with E-state index in [2.05, 4.69) is 0 Å². The van der Waals surface area contributed by atoms with Crippen molar-refractivity contribution in [3.05, 3.63) is 63.9 Å². The van der Waals surface area contributed by atoms with Gasteiger partial charge < -0.3 is 4.74 Å². The molecule has 1 nitrogen and oxygen atoms in total. The monoisotopic (exact) mass is 320 g/mol. The van der Waals surface area contributed by atoms with Gasteiger partial charge in [0.25, 0.3) is 0 Å². The summed E-state index contributed by atoms with van der Waals surface area (Å²) in [6.45, 7) is 0. The van der Waals surface area contributed by atoms with Crippen LogP contribution in [0, 0.1) is 17.5 Å². The van der Waals surface area contributed by atoms with E-state index >= 15 is 0 Å². The largest absolute Gasteiger partial charge is 0.497 e. The van der Waals surface area contributed by atoms with E-state index < -0.39 is 28.4 Å². The summed E-state index contributed by atoms with van der Waals surface area (Å²) in [5, 5.41) is -1.50. The molecule has 1 atom stereocenters. The third-order valence-corrected chi connectivity index (χ3v) is 3.54. The van der Waals surface area contributed by atoms with Crippen molar-refractivity contribution in [2.75, 3.05) is 7.11 Å². The molecule has 2 aromatic carbocycles. The second-order valence-corrected chi connectivity index (χ2v) is 4.85. The Bertz CT molecular complexity index is 623. The maximum absolute atomic E-state index is 13.9. The van der Waals surface area contributed by atoms with Crippen LogP contribution in [-0.2, 0) is 0 Å². The molecule has 2 rings (SSSR count). The first-order valence-electron chi connectivity index (χ1n) is 5.56. The SMILES string of the molecule is COc1cc(F)c(C(Cl)c2cccc(Cl)c2F)c(F)c1. The van der Waals surface area contributed by atoms with Crippen molar-refractivity contribution in [2.45, 2.75) is 5.38 Å². The van der Waals surface area contributed by atoms with Crippen molar-refractivity contribution in [1.82, 2.24) is 0 Å². The van der Waals surface area contributed by atoms with Gasteiger partial charge in [-0.15, -0.1) is 11.6 Å². The lowest BCUT2D eigenvalue weighted by molar-refractivity contribution is 0.405. The van der Waals surface area contributed by atoms with Gasteiger partial charge in [-0.1, -0.05) is 23.7 Å². The van der Waals surface area contributed by atoms with Gasteiger partial charge in [0.2, 0.25) is 0 Å². The average Bonchev–Trinajstić information content (AvgIpc) is 2.40. The fourth-order valence-corrected chi connectivity index (χ4v) is 2.35. The van der Waals surface area contributed by atoms with Gasteiger partial charge in [-0.2, -0.15) is 0 Å². The van der Waals surface area contributed by atoms with Crippen molar-refractivity contribution in [1.29, 1.82) is 0 Å². The molecule has 0 aromatic heterocycles. The first kappa shape index (κ1) is 15.0. The lowest BCUT2D eigenvalue weighted by Gasteiger charge is -2.14. The smallest absolute Gasteiger partial charge is 0.146 e. The highest BCUT2D eigenvalue weighted by Crippen LogP contribution is 2.37. The standard InChI is InChI=1S/C14H9Cl2F3O/c1-20-7-5-10(17)12(11(18)6-7)13(16)8-3-2-4-9(15)14(8)19/h2-6,13H,1H3. The quantitative estimate of drug-likeness (QED) is 0.715. The minimum absolute atomic E-state index is 0.0131. The Labute approximate surface area is 123 Å². The maximum Gasteiger partial charge on any atom is 0.146 e. The van der Waals surface area contributed by atoms with Crippen LogP contribution in [0.5, 0.6) is 5.75 Å². The van der Waals surface area contributed by atoms with Gasteiger partial charge in [0, 0.05) is 23.3 Å². The summed E-state index contributed by atoms with van der Waals surface area (Å²) in [4.78, 5) is 0. The summed E-state index contributed by atoms with van der Waals surface area (Å²) >= 11 is 11.6. The minimum atomic E-state index is -1.33. The third-order valence-electron chi connectivity index (χ3n) is 2.80. The summed E-state index contributed by atoms with van der Waals surface area (Å²) in [6.07, 6.45) is 0. The fraction of sp³-hybridized carbons (Fsp3) is 0.143. The number of benzene rings is 2. The molecule has 0 spiro atoms. The first-order chi connectivity index (χ1) is 9.45. The molecule has 0 saturated heterocycles. The summed E-state index contributed by atoms with van der Waals surface area (Å²) in [6, 6.07) is 6.06. The van der Waals surface area contributed by atoms with Crippen molar-refractivity contribution >= 4 is 23.2 Å². The molecule has 0 aliphatic rings. The van der Waals surface area contributed by atoms with Crippen LogP contribution < -0.4 is 4.74 Å². The summed E-state index contributed by atoms with van der Waals surface area (Å²) in [5.74, 6) is -2.62. The molecule has 0 radical (unpaired) electrons. The molecule has 20 heavy (non-hydrogen) atoms. The van der Waals surface area contributed by atoms with E-state index in [0.717, 1.165) is 12.1 Å². The van der Waals surface area contributed by atoms with E-state index in [1.807, 2.05) is 0 Å². The highest BCUT2D eigenvalue weighted by atomic mass is 35.5. The molecule has 6 heteroatoms. The van der Waals surface area contributed by atoms with Crippen LogP contribution in [0.3, 0.4) is 0 Å². The zero-order chi connectivity index (χ0) is 14.9. The van der Waals surface area contributed by atoms with Crippen LogP contribution in [0.4, 0.5) is 13.2 Å². The van der Waals surface area contributed by atoms with Crippen molar-refractivity contribution < 1.29 is 17.9 Å². The Hall–Kier alpha value is -1.39. The van der Waals surface area contributed by atoms with Crippen molar-refractivity contribution in [3.63, 3.8) is 0 Å². The Morgan fingerprint density at radius 1 is 1.10 bits per heavy atom. The van der Waals surface area contributed by atoms with Crippen LogP contribution in [0.2, 0.25) is 5.02 Å². The van der Waals surface area contributed by atoms with Crippen LogP contribution in [0.25, 0.3) is 0 Å². The molecule has 1 unspecified atom stereocenters. The predicted octanol–water partition coefficient (Wildman–Crippen LogP) is 5.09. The number of halogens is 5. The Morgan fingerprint density at radius 2 is 1.70 bits per heavy atom. The van der Waals surface area contributed by atoms with E-state index in [9.17, 15) is 13.2 Å². The van der Waals surface area contributed by atoms with Gasteiger partial charge in [0.1, 0.15) is 23.2 Å². The molecule has 0 bridgehead atoms. The van der Waals surface area contributed by atoms with E-state index in [1.54, 1.807) is 0 Å². The Kier molecular flexibility index (Phi) is 4.45. The lowest BCUT2D eigenvalue weighted by atomic mass is 10.0. The molecule has 0 heterocycles. The molecule has 0 fully saturated rings. The van der Waals surface area contributed by atoms with Crippen LogP contribution >= 0.6 is 23.2 Å². The van der Waals surface area contributed by atoms with E-state index in [-0.39, 0.29) is 16.3 Å². The Balaban J connectivity index is 2.54. The zero-order valence-electron chi connectivity index (χ0n) is 10.3. The second-order valence-electron chi connectivity index (χ2n) is 4.01. The molecule has 0 saturated carbocycles. The molecule has 106 valence electrons. The molecule has 2 aromatic rings. The summed E-state index contributed by atoms with van der Waals surface area (Å²) < 4.78 is 46.4. The number of alkyl halides is 1.